The van der Waals surface area contributed by atoms with Crippen LogP contribution in [0, 0.1) is 5.92 Å². The van der Waals surface area contributed by atoms with Crippen LogP contribution in [-0.4, -0.2) is 40.3 Å². The van der Waals surface area contributed by atoms with E-state index in [0.717, 1.165) is 5.69 Å². The van der Waals surface area contributed by atoms with Crippen molar-refractivity contribution in [3.05, 3.63) is 22.1 Å². The number of thioether (sulfide) groups is 1. The molecule has 8 heteroatoms. The molecule has 0 fully saturated rings. The number of hydrogen-bond donors (Lipinski definition) is 1. The van der Waals surface area contributed by atoms with Gasteiger partial charge in [0.15, 0.2) is 5.16 Å². The highest BCUT2D eigenvalue weighted by atomic mass is 32.2. The van der Waals surface area contributed by atoms with Crippen molar-refractivity contribution in [2.75, 3.05) is 18.9 Å². The van der Waals surface area contributed by atoms with E-state index in [9.17, 15) is 14.4 Å². The molecule has 2 heterocycles. The van der Waals surface area contributed by atoms with Gasteiger partial charge in [-0.25, -0.2) is 4.98 Å². The Bertz CT molecular complexity index is 694. The molecule has 1 atom stereocenters. The molecule has 0 saturated carbocycles. The Kier molecular flexibility index (Phi) is 5.69. The zero-order valence-electron chi connectivity index (χ0n) is 14.4. The number of carbonyl (C=O) groups excluding carboxylic acids is 2. The lowest BCUT2D eigenvalue weighted by molar-refractivity contribution is -0.143. The van der Waals surface area contributed by atoms with Gasteiger partial charge in [-0.1, -0.05) is 32.5 Å². The fraction of sp³-hybridized carbons (Fsp3) is 0.625. The van der Waals surface area contributed by atoms with Gasteiger partial charge in [-0.15, -0.1) is 0 Å². The summed E-state index contributed by atoms with van der Waals surface area (Å²) in [7, 11) is 0. The summed E-state index contributed by atoms with van der Waals surface area (Å²) in [5.41, 5.74) is 0.389. The van der Waals surface area contributed by atoms with E-state index in [-0.39, 0.29) is 42.5 Å². The Morgan fingerprint density at radius 1 is 1.46 bits per heavy atom. The van der Waals surface area contributed by atoms with Crippen LogP contribution in [0.5, 0.6) is 0 Å². The van der Waals surface area contributed by atoms with Gasteiger partial charge in [-0.2, -0.15) is 0 Å². The van der Waals surface area contributed by atoms with Crippen molar-refractivity contribution in [1.82, 2.24) is 14.9 Å². The number of aromatic nitrogens is 2. The number of carbonyl (C=O) groups is 2. The molecule has 1 N–H and O–H groups in total. The maximum Gasteiger partial charge on any atom is 0.325 e. The highest BCUT2D eigenvalue weighted by Gasteiger charge is 2.28. The molecule has 0 saturated heterocycles. The second-order valence-corrected chi connectivity index (χ2v) is 7.64. The van der Waals surface area contributed by atoms with Crippen LogP contribution in [-0.2, 0) is 26.3 Å². The number of amides is 1. The van der Waals surface area contributed by atoms with Gasteiger partial charge in [-0.3, -0.25) is 19.0 Å². The van der Waals surface area contributed by atoms with Gasteiger partial charge in [0, 0.05) is 23.8 Å². The first-order valence-electron chi connectivity index (χ1n) is 7.91. The SMILES string of the molecule is CCOC(=O)CNC(=O)C1CSc2nc(C(C)(C)C)cc(=O)n2C1. The summed E-state index contributed by atoms with van der Waals surface area (Å²) < 4.78 is 6.30. The van der Waals surface area contributed by atoms with Crippen molar-refractivity contribution in [3.63, 3.8) is 0 Å². The number of ether oxygens (including phenoxy) is 1. The summed E-state index contributed by atoms with van der Waals surface area (Å²) in [6.07, 6.45) is 0. The largest absolute Gasteiger partial charge is 0.465 e. The van der Waals surface area contributed by atoms with Crippen LogP contribution < -0.4 is 10.9 Å². The molecule has 0 aliphatic carbocycles. The summed E-state index contributed by atoms with van der Waals surface area (Å²) >= 11 is 1.39. The summed E-state index contributed by atoms with van der Waals surface area (Å²) in [4.78, 5) is 40.4. The lowest BCUT2D eigenvalue weighted by Crippen LogP contribution is -2.42. The maximum absolute atomic E-state index is 12.4. The molecule has 1 unspecified atom stereocenters. The lowest BCUT2D eigenvalue weighted by Gasteiger charge is -2.26. The fourth-order valence-electron chi connectivity index (χ4n) is 2.27. The van der Waals surface area contributed by atoms with Crippen LogP contribution in [0.2, 0.25) is 0 Å². The monoisotopic (exact) mass is 353 g/mol. The predicted octanol–water partition coefficient (Wildman–Crippen LogP) is 0.942. The molecule has 2 rings (SSSR count). The predicted molar refractivity (Wildman–Crippen MR) is 91.1 cm³/mol. The van der Waals surface area contributed by atoms with E-state index in [0.29, 0.717) is 10.9 Å². The molecule has 0 radical (unpaired) electrons. The normalized spacial score (nSPS) is 17.1. The summed E-state index contributed by atoms with van der Waals surface area (Å²) in [5, 5.41) is 3.20. The van der Waals surface area contributed by atoms with Crippen LogP contribution in [0.15, 0.2) is 16.0 Å². The number of fused-ring (bicyclic) bond motifs is 1. The fourth-order valence-corrected chi connectivity index (χ4v) is 3.36. The average Bonchev–Trinajstić information content (AvgIpc) is 2.51. The van der Waals surface area contributed by atoms with Crippen molar-refractivity contribution in [2.24, 2.45) is 5.92 Å². The van der Waals surface area contributed by atoms with E-state index in [1.54, 1.807) is 6.92 Å². The first kappa shape index (κ1) is 18.5. The van der Waals surface area contributed by atoms with Crippen molar-refractivity contribution in [3.8, 4) is 0 Å². The standard InChI is InChI=1S/C16H23N3O4S/c1-5-23-13(21)7-17-14(22)10-8-19-12(20)6-11(16(2,3)4)18-15(19)24-9-10/h6,10H,5,7-9H2,1-4H3,(H,17,22). The van der Waals surface area contributed by atoms with E-state index in [1.165, 1.54) is 22.4 Å². The Balaban J connectivity index is 2.08. The Hall–Kier alpha value is -1.83. The van der Waals surface area contributed by atoms with Gasteiger partial charge in [0.05, 0.1) is 18.2 Å². The molecule has 24 heavy (non-hydrogen) atoms. The second kappa shape index (κ2) is 7.38. The first-order chi connectivity index (χ1) is 11.2. The molecule has 1 aliphatic rings. The summed E-state index contributed by atoms with van der Waals surface area (Å²) in [5.74, 6) is -0.581. The van der Waals surface area contributed by atoms with E-state index in [2.05, 4.69) is 10.3 Å². The molecule has 1 amide bonds. The molecular weight excluding hydrogens is 330 g/mol. The number of nitrogens with zero attached hydrogens (tertiary/aromatic N) is 2. The van der Waals surface area contributed by atoms with Crippen LogP contribution in [0.25, 0.3) is 0 Å². The second-order valence-electron chi connectivity index (χ2n) is 6.65. The van der Waals surface area contributed by atoms with E-state index in [1.807, 2.05) is 20.8 Å². The number of rotatable bonds is 4. The van der Waals surface area contributed by atoms with E-state index in [4.69, 9.17) is 4.74 Å². The molecule has 0 bridgehead atoms. The number of hydrogen-bond acceptors (Lipinski definition) is 6. The summed E-state index contributed by atoms with van der Waals surface area (Å²) in [6.45, 7) is 8.11. The van der Waals surface area contributed by atoms with Crippen LogP contribution >= 0.6 is 11.8 Å². The van der Waals surface area contributed by atoms with Crippen molar-refractivity contribution in [1.29, 1.82) is 0 Å². The van der Waals surface area contributed by atoms with Gasteiger partial charge >= 0.3 is 5.97 Å². The highest BCUT2D eigenvalue weighted by molar-refractivity contribution is 7.99. The van der Waals surface area contributed by atoms with E-state index >= 15 is 0 Å². The van der Waals surface area contributed by atoms with Crippen molar-refractivity contribution in [2.45, 2.75) is 44.8 Å². The third kappa shape index (κ3) is 4.37. The van der Waals surface area contributed by atoms with Gasteiger partial charge in [0.2, 0.25) is 5.91 Å². The quantitative estimate of drug-likeness (QED) is 0.640. The van der Waals surface area contributed by atoms with E-state index < -0.39 is 5.97 Å². The minimum atomic E-state index is -0.469. The molecule has 0 spiro atoms. The first-order valence-corrected chi connectivity index (χ1v) is 8.89. The minimum Gasteiger partial charge on any atom is -0.465 e. The summed E-state index contributed by atoms with van der Waals surface area (Å²) in [6, 6.07) is 1.53. The smallest absolute Gasteiger partial charge is 0.325 e. The van der Waals surface area contributed by atoms with Crippen LogP contribution in [0.3, 0.4) is 0 Å². The number of esters is 1. The zero-order chi connectivity index (χ0) is 17.9. The minimum absolute atomic E-state index is 0.152. The van der Waals surface area contributed by atoms with Crippen LogP contribution in [0.1, 0.15) is 33.4 Å². The topological polar surface area (TPSA) is 90.3 Å². The van der Waals surface area contributed by atoms with Crippen molar-refractivity contribution >= 4 is 23.6 Å². The van der Waals surface area contributed by atoms with Gasteiger partial charge in [-0.05, 0) is 6.92 Å². The highest BCUT2D eigenvalue weighted by Crippen LogP contribution is 2.27. The third-order valence-electron chi connectivity index (χ3n) is 3.64. The Morgan fingerprint density at radius 3 is 2.79 bits per heavy atom. The average molecular weight is 353 g/mol. The van der Waals surface area contributed by atoms with Gasteiger partial charge in [0.1, 0.15) is 6.54 Å². The molecule has 7 nitrogen and oxygen atoms in total. The molecule has 0 aromatic carbocycles. The van der Waals surface area contributed by atoms with Gasteiger partial charge in [0.25, 0.3) is 5.56 Å². The Morgan fingerprint density at radius 2 is 2.17 bits per heavy atom. The Labute approximate surface area is 145 Å². The van der Waals surface area contributed by atoms with Crippen LogP contribution in [0.4, 0.5) is 0 Å². The lowest BCUT2D eigenvalue weighted by atomic mass is 9.92. The molecule has 1 aliphatic heterocycles. The zero-order valence-corrected chi connectivity index (χ0v) is 15.2. The van der Waals surface area contributed by atoms with Crippen molar-refractivity contribution < 1.29 is 14.3 Å². The molecular formula is C16H23N3O4S. The van der Waals surface area contributed by atoms with Gasteiger partial charge < -0.3 is 10.1 Å². The molecule has 1 aromatic rings. The number of nitrogens with one attached hydrogen (secondary N) is 1. The molecule has 132 valence electrons. The third-order valence-corrected chi connectivity index (χ3v) is 4.78. The maximum atomic E-state index is 12.4. The molecule has 1 aromatic heterocycles.